The Kier molecular flexibility index (Phi) is 10.4. The smallest absolute Gasteiger partial charge is 0.133 e. The molecule has 0 radical (unpaired) electrons. The Balaban J connectivity index is 0.000000212. The van der Waals surface area contributed by atoms with Crippen molar-refractivity contribution in [3.05, 3.63) is 24.3 Å². The molecule has 5 atom stereocenters. The van der Waals surface area contributed by atoms with Gasteiger partial charge in [0.1, 0.15) is 5.78 Å². The molecule has 4 rings (SSSR count). The van der Waals surface area contributed by atoms with Crippen LogP contribution in [0.5, 0.6) is 0 Å². The summed E-state index contributed by atoms with van der Waals surface area (Å²) >= 11 is 4.24. The maximum absolute atomic E-state index is 11.5. The summed E-state index contributed by atoms with van der Waals surface area (Å²) in [6, 6.07) is 0. The van der Waals surface area contributed by atoms with E-state index in [9.17, 15) is 4.79 Å². The van der Waals surface area contributed by atoms with E-state index in [0.29, 0.717) is 40.3 Å². The van der Waals surface area contributed by atoms with Crippen molar-refractivity contribution < 1.29 is 9.53 Å². The van der Waals surface area contributed by atoms with Crippen LogP contribution in [0.15, 0.2) is 24.3 Å². The van der Waals surface area contributed by atoms with Crippen molar-refractivity contribution in [2.24, 2.45) is 34.5 Å². The Morgan fingerprint density at radius 3 is 1.88 bits per heavy atom. The number of ether oxygens (including phenoxy) is 1. The number of fused-ring (bicyclic) bond motifs is 4. The van der Waals surface area contributed by atoms with E-state index in [1.165, 1.54) is 56.1 Å². The van der Waals surface area contributed by atoms with Crippen LogP contribution in [0.1, 0.15) is 98.8 Å². The maximum Gasteiger partial charge on any atom is 0.133 e. The maximum atomic E-state index is 11.5. The molecule has 0 saturated heterocycles. The summed E-state index contributed by atoms with van der Waals surface area (Å²) in [5.74, 6) is 2.96. The van der Waals surface area contributed by atoms with Gasteiger partial charge in [-0.1, -0.05) is 52.0 Å². The molecule has 0 aromatic rings. The number of rotatable bonds is 1. The Morgan fingerprint density at radius 1 is 0.812 bits per heavy atom. The number of methoxy groups -OCH3 is 1. The molecule has 4 fully saturated rings. The first-order valence-corrected chi connectivity index (χ1v) is 18.8. The molecule has 4 bridgehead atoms. The van der Waals surface area contributed by atoms with Gasteiger partial charge in [-0.05, 0) is 92.8 Å². The van der Waals surface area contributed by atoms with Crippen molar-refractivity contribution in [2.45, 2.75) is 104 Å². The molecule has 2 nitrogen and oxygen atoms in total. The number of halogens is 2. The van der Waals surface area contributed by atoms with Crippen LogP contribution in [0.3, 0.4) is 0 Å². The van der Waals surface area contributed by atoms with Crippen LogP contribution in [0.4, 0.5) is 0 Å². The first-order valence-electron chi connectivity index (χ1n) is 12.5. The van der Waals surface area contributed by atoms with Crippen molar-refractivity contribution in [1.82, 2.24) is 0 Å². The predicted molar refractivity (Wildman–Crippen MR) is 154 cm³/mol. The minimum absolute atomic E-state index is 0.0861. The van der Waals surface area contributed by atoms with Crippen LogP contribution in [0, 0.1) is 34.5 Å². The standard InChI is InChI=1S/C15H26O.C13H20O.I2/c1-11-12-6-8-14(2,3)13(11)7-9-15(4,10-12)16-5;1-9-10-6-7-13(2,3)12(9)5-4-11(14)8-10;1-2/h12-13H,1,6-10H2,2-5H3;10,12H,1,4-8H2,2-3H3;. The van der Waals surface area contributed by atoms with E-state index < -0.39 is 0 Å². The number of carbonyl (C=O) groups excluding carboxylic acids is 1. The number of Topliss-reactive ketones (excluding diaryl/α,β-unsaturated/α-hetero) is 1. The lowest BCUT2D eigenvalue weighted by Crippen LogP contribution is -2.33. The fourth-order valence-electron chi connectivity index (χ4n) is 6.94. The molecule has 0 aliphatic heterocycles. The van der Waals surface area contributed by atoms with Gasteiger partial charge in [0, 0.05) is 57.2 Å². The van der Waals surface area contributed by atoms with Gasteiger partial charge >= 0.3 is 0 Å². The van der Waals surface area contributed by atoms with E-state index >= 15 is 0 Å². The third-order valence-corrected chi connectivity index (χ3v) is 9.42. The third kappa shape index (κ3) is 6.61. The number of carbonyl (C=O) groups is 1. The van der Waals surface area contributed by atoms with Crippen LogP contribution in [-0.4, -0.2) is 18.5 Å². The Hall–Kier alpha value is 0.570. The third-order valence-electron chi connectivity index (χ3n) is 9.42. The van der Waals surface area contributed by atoms with Gasteiger partial charge in [0.05, 0.1) is 5.60 Å². The second-order valence-electron chi connectivity index (χ2n) is 12.4. The van der Waals surface area contributed by atoms with E-state index in [2.05, 4.69) is 85.0 Å². The molecular weight excluding hydrogens is 622 g/mol. The van der Waals surface area contributed by atoms with E-state index in [4.69, 9.17) is 4.74 Å². The van der Waals surface area contributed by atoms with Crippen molar-refractivity contribution in [3.8, 4) is 0 Å². The summed E-state index contributed by atoms with van der Waals surface area (Å²) in [5, 5.41) is 0. The van der Waals surface area contributed by atoms with Gasteiger partial charge in [0.15, 0.2) is 0 Å². The molecule has 0 spiro atoms. The van der Waals surface area contributed by atoms with E-state index in [1.807, 2.05) is 7.11 Å². The summed E-state index contributed by atoms with van der Waals surface area (Å²) in [6.45, 7) is 20.4. The van der Waals surface area contributed by atoms with Gasteiger partial charge in [0.2, 0.25) is 0 Å². The Labute approximate surface area is 221 Å². The molecule has 0 aromatic heterocycles. The van der Waals surface area contributed by atoms with Crippen LogP contribution in [0.25, 0.3) is 0 Å². The van der Waals surface area contributed by atoms with E-state index in [0.717, 1.165) is 19.3 Å². The average molecular weight is 668 g/mol. The van der Waals surface area contributed by atoms with Gasteiger partial charge in [-0.2, -0.15) is 0 Å². The predicted octanol–water partition coefficient (Wildman–Crippen LogP) is 9.30. The van der Waals surface area contributed by atoms with E-state index in [1.54, 1.807) is 0 Å². The van der Waals surface area contributed by atoms with Crippen molar-refractivity contribution in [2.75, 3.05) is 7.11 Å². The number of allylic oxidation sites excluding steroid dienone is 2. The van der Waals surface area contributed by atoms with Crippen LogP contribution >= 0.6 is 37.2 Å². The van der Waals surface area contributed by atoms with Gasteiger partial charge < -0.3 is 4.74 Å². The molecule has 32 heavy (non-hydrogen) atoms. The highest BCUT2D eigenvalue weighted by Crippen LogP contribution is 2.53. The highest BCUT2D eigenvalue weighted by atomic mass is 128. The molecule has 0 amide bonds. The Morgan fingerprint density at radius 2 is 1.31 bits per heavy atom. The van der Waals surface area contributed by atoms with Gasteiger partial charge in [-0.15, -0.1) is 0 Å². The normalized spacial score (nSPS) is 37.7. The summed E-state index contributed by atoms with van der Waals surface area (Å²) in [6.07, 6.45) is 11.3. The van der Waals surface area contributed by atoms with E-state index in [-0.39, 0.29) is 5.60 Å². The van der Waals surface area contributed by atoms with Gasteiger partial charge in [-0.3, -0.25) is 4.79 Å². The van der Waals surface area contributed by atoms with Gasteiger partial charge in [0.25, 0.3) is 0 Å². The first-order chi connectivity index (χ1) is 14.9. The molecule has 4 aliphatic carbocycles. The monoisotopic (exact) mass is 668 g/mol. The SMILES string of the molecule is C=C1C2CCC(C)(C)C1CCC(=O)C2.C=C1C2CCC(C)(C)C1CCC(C)(OC)C2.II. The minimum atomic E-state index is 0.0861. The zero-order chi connectivity index (χ0) is 24.3. The lowest BCUT2D eigenvalue weighted by atomic mass is 9.62. The highest BCUT2D eigenvalue weighted by Gasteiger charge is 2.45. The second kappa shape index (κ2) is 11.5. The molecule has 184 valence electrons. The first kappa shape index (κ1) is 28.8. The van der Waals surface area contributed by atoms with Crippen molar-refractivity contribution >= 4 is 43.0 Å². The molecular formula is C28H46I2O2. The zero-order valence-electron chi connectivity index (χ0n) is 21.4. The highest BCUT2D eigenvalue weighted by molar-refractivity contribution is 15.0. The molecule has 4 aliphatic rings. The molecule has 5 unspecified atom stereocenters. The fraction of sp³-hybridized carbons (Fsp3) is 0.821. The second-order valence-corrected chi connectivity index (χ2v) is 12.4. The van der Waals surface area contributed by atoms with Gasteiger partial charge in [-0.25, -0.2) is 0 Å². The molecule has 0 heterocycles. The summed E-state index contributed by atoms with van der Waals surface area (Å²) < 4.78 is 5.74. The van der Waals surface area contributed by atoms with Crippen LogP contribution < -0.4 is 0 Å². The summed E-state index contributed by atoms with van der Waals surface area (Å²) in [5.41, 5.74) is 3.79. The van der Waals surface area contributed by atoms with Crippen LogP contribution in [-0.2, 0) is 9.53 Å². The van der Waals surface area contributed by atoms with Crippen molar-refractivity contribution in [3.63, 3.8) is 0 Å². The molecule has 4 heteroatoms. The lowest BCUT2D eigenvalue weighted by Gasteiger charge is -2.43. The lowest BCUT2D eigenvalue weighted by molar-refractivity contribution is -0.119. The average Bonchev–Trinajstić information content (AvgIpc) is 2.91. The molecule has 0 aromatic carbocycles. The minimum Gasteiger partial charge on any atom is -0.379 e. The summed E-state index contributed by atoms with van der Waals surface area (Å²) in [4.78, 5) is 11.5. The largest absolute Gasteiger partial charge is 0.379 e. The van der Waals surface area contributed by atoms with Crippen molar-refractivity contribution in [1.29, 1.82) is 0 Å². The number of hydrogen-bond acceptors (Lipinski definition) is 2. The zero-order valence-corrected chi connectivity index (χ0v) is 25.7. The summed E-state index contributed by atoms with van der Waals surface area (Å²) in [7, 11) is 1.86. The molecule has 0 N–H and O–H groups in total. The quantitative estimate of drug-likeness (QED) is 0.206. The Bertz CT molecular complexity index is 696. The topological polar surface area (TPSA) is 26.3 Å². The fourth-order valence-corrected chi connectivity index (χ4v) is 6.94. The number of hydrogen-bond donors (Lipinski definition) is 0. The van der Waals surface area contributed by atoms with Crippen LogP contribution in [0.2, 0.25) is 0 Å². The number of ketones is 1. The molecule has 4 saturated carbocycles.